The first-order chi connectivity index (χ1) is 28.0. The Morgan fingerprint density at radius 1 is 0.361 bits per heavy atom. The van der Waals surface area contributed by atoms with Crippen molar-refractivity contribution in [2.75, 3.05) is 0 Å². The maximum absolute atomic E-state index is 7.79. The third kappa shape index (κ3) is 10.2. The first-order valence-corrected chi connectivity index (χ1v) is 25.4. The van der Waals surface area contributed by atoms with Gasteiger partial charge in [0, 0.05) is 22.3 Å². The monoisotopic (exact) mass is 844 g/mol. The molecule has 4 aromatic rings. The molecule has 0 bridgehead atoms. The molecule has 0 saturated heterocycles. The smallest absolute Gasteiger partial charge is 0.696 e. The highest BCUT2D eigenvalue weighted by molar-refractivity contribution is 6.58. The summed E-state index contributed by atoms with van der Waals surface area (Å²) < 4.78 is 31.1. The van der Waals surface area contributed by atoms with Gasteiger partial charge in [0.25, 0.3) is 0 Å². The molecule has 0 amide bonds. The van der Waals surface area contributed by atoms with E-state index < -0.39 is 14.4 Å². The molecule has 0 radical (unpaired) electrons. The molecule has 0 atom stereocenters. The molecule has 4 nitrogen and oxygen atoms in total. The molecule has 0 saturated carbocycles. The second-order valence-electron chi connectivity index (χ2n) is 24.5. The zero-order valence-corrected chi connectivity index (χ0v) is 43.1. The molecule has 0 unspecified atom stereocenters. The fourth-order valence-corrected chi connectivity index (χ4v) is 11.7. The highest BCUT2D eigenvalue weighted by atomic mass is 27.3. The van der Waals surface area contributed by atoms with E-state index in [4.69, 9.17) is 15.2 Å². The minimum absolute atomic E-state index is 0.102. The lowest BCUT2D eigenvalue weighted by atomic mass is 9.77. The predicted molar refractivity (Wildman–Crippen MR) is 261 cm³/mol. The van der Waals surface area contributed by atoms with Gasteiger partial charge < -0.3 is 15.2 Å². The summed E-state index contributed by atoms with van der Waals surface area (Å²) in [6.07, 6.45) is 3.66. The Hall–Kier alpha value is -3.39. The van der Waals surface area contributed by atoms with Crippen molar-refractivity contribution in [2.45, 2.75) is 186 Å². The lowest BCUT2D eigenvalue weighted by Crippen LogP contribution is -2.60. The van der Waals surface area contributed by atoms with Crippen molar-refractivity contribution in [3.8, 4) is 45.3 Å². The highest BCUT2D eigenvalue weighted by Gasteiger charge is 2.67. The summed E-state index contributed by atoms with van der Waals surface area (Å²) in [6.45, 7) is 46.0. The van der Waals surface area contributed by atoms with Crippen molar-refractivity contribution < 1.29 is 15.2 Å². The third-order valence-electron chi connectivity index (χ3n) is 12.2. The second kappa shape index (κ2) is 16.6. The van der Waals surface area contributed by atoms with Gasteiger partial charge in [-0.3, -0.25) is 0 Å². The summed E-state index contributed by atoms with van der Waals surface area (Å²) in [4.78, 5) is 0. The molecule has 332 valence electrons. The van der Waals surface area contributed by atoms with Gasteiger partial charge in [-0.15, -0.1) is 0 Å². The van der Waals surface area contributed by atoms with Crippen LogP contribution in [0.15, 0.2) is 48.5 Å². The molecular formula is C56H80AlO4-. The molecule has 0 aromatic heterocycles. The van der Waals surface area contributed by atoms with Crippen LogP contribution in [0.5, 0.6) is 23.0 Å². The van der Waals surface area contributed by atoms with Crippen LogP contribution >= 0.6 is 0 Å². The van der Waals surface area contributed by atoms with E-state index in [2.05, 4.69) is 187 Å². The van der Waals surface area contributed by atoms with E-state index in [-0.39, 0.29) is 21.7 Å². The van der Waals surface area contributed by atoms with Crippen LogP contribution in [0, 0.1) is 23.7 Å². The van der Waals surface area contributed by atoms with E-state index in [1.807, 2.05) is 0 Å². The van der Waals surface area contributed by atoms with Gasteiger partial charge in [-0.1, -0.05) is 163 Å². The maximum atomic E-state index is 7.79. The molecule has 4 aromatic carbocycles. The lowest BCUT2D eigenvalue weighted by Gasteiger charge is -2.40. The van der Waals surface area contributed by atoms with Gasteiger partial charge in [0.15, 0.2) is 0 Å². The van der Waals surface area contributed by atoms with E-state index in [0.717, 1.165) is 82.1 Å². The first kappa shape index (κ1) is 47.1. The average molecular weight is 844 g/mol. The van der Waals surface area contributed by atoms with E-state index in [0.29, 0.717) is 23.7 Å². The number of fused-ring (bicyclic) bond motifs is 6. The van der Waals surface area contributed by atoms with Crippen molar-refractivity contribution in [3.05, 3.63) is 93.0 Å². The molecule has 0 N–H and O–H groups in total. The van der Waals surface area contributed by atoms with Gasteiger partial charge in [0.05, 0.1) is 23.0 Å². The van der Waals surface area contributed by atoms with Gasteiger partial charge in [-0.2, -0.15) is 0 Å². The maximum Gasteiger partial charge on any atom is 1.21 e. The van der Waals surface area contributed by atoms with Crippen molar-refractivity contribution >= 4 is 14.4 Å². The van der Waals surface area contributed by atoms with Gasteiger partial charge in [0.1, 0.15) is 0 Å². The highest BCUT2D eigenvalue weighted by Crippen LogP contribution is 2.55. The van der Waals surface area contributed by atoms with Crippen molar-refractivity contribution in [1.82, 2.24) is 0 Å². The van der Waals surface area contributed by atoms with Crippen LogP contribution in [0.4, 0.5) is 0 Å². The Kier molecular flexibility index (Phi) is 12.8. The second-order valence-corrected chi connectivity index (χ2v) is 26.6. The first-order valence-electron chi connectivity index (χ1n) is 23.5. The van der Waals surface area contributed by atoms with Crippen LogP contribution in [0.25, 0.3) is 22.3 Å². The molecule has 0 fully saturated rings. The van der Waals surface area contributed by atoms with Gasteiger partial charge >= 0.3 is 14.4 Å². The van der Waals surface area contributed by atoms with Crippen LogP contribution in [0.1, 0.15) is 183 Å². The SMILES string of the molecule is CC(C)Cc1cc(CC(C)C)c2c(c1)-c1cc(C(C)(C)C)cc(C(C)(C)C)c1[O][Al-]1([O]2)[O]c2c(CC(C)C)cc(CC(C)C)cc2-c2cc(C(C)(C)C)cc(C(C)(C)C)c2[O]1. The Morgan fingerprint density at radius 2 is 0.656 bits per heavy atom. The Balaban J connectivity index is 1.83. The van der Waals surface area contributed by atoms with Crippen molar-refractivity contribution in [3.63, 3.8) is 0 Å². The predicted octanol–water partition coefficient (Wildman–Crippen LogP) is 15.7. The van der Waals surface area contributed by atoms with Crippen LogP contribution in [-0.4, -0.2) is 14.4 Å². The summed E-state index contributed by atoms with van der Waals surface area (Å²) in [5, 5.41) is 0. The molecular weight excluding hydrogens is 764 g/mol. The zero-order valence-electron chi connectivity index (χ0n) is 42.0. The topological polar surface area (TPSA) is 36.9 Å². The van der Waals surface area contributed by atoms with Crippen molar-refractivity contribution in [2.24, 2.45) is 23.7 Å². The lowest BCUT2D eigenvalue weighted by molar-refractivity contribution is 0.162. The molecule has 0 aliphatic carbocycles. The minimum Gasteiger partial charge on any atom is -0.696 e. The molecule has 61 heavy (non-hydrogen) atoms. The fourth-order valence-electron chi connectivity index (χ4n) is 9.16. The normalized spacial score (nSPS) is 15.1. The van der Waals surface area contributed by atoms with Crippen LogP contribution in [0.3, 0.4) is 0 Å². The van der Waals surface area contributed by atoms with E-state index >= 15 is 0 Å². The Labute approximate surface area is 375 Å². The number of benzene rings is 4. The molecule has 5 heteroatoms. The fraction of sp³-hybridized carbons (Fsp3) is 0.571. The molecule has 2 heterocycles. The summed E-state index contributed by atoms with van der Waals surface area (Å²) in [6, 6.07) is 19.1. The van der Waals surface area contributed by atoms with Crippen LogP contribution in [0.2, 0.25) is 0 Å². The summed E-state index contributed by atoms with van der Waals surface area (Å²) in [5.41, 5.74) is 13.3. The zero-order chi connectivity index (χ0) is 45.4. The van der Waals surface area contributed by atoms with Gasteiger partial charge in [-0.05, 0) is 140 Å². The Bertz CT molecular complexity index is 2100. The molecule has 6 rings (SSSR count). The van der Waals surface area contributed by atoms with Crippen molar-refractivity contribution in [1.29, 1.82) is 0 Å². The quantitative estimate of drug-likeness (QED) is 0.166. The van der Waals surface area contributed by atoms with Gasteiger partial charge in [-0.25, -0.2) is 0 Å². The number of rotatable bonds is 8. The third-order valence-corrected chi connectivity index (χ3v) is 14.2. The average Bonchev–Trinajstić information content (AvgIpc) is 3.29. The van der Waals surface area contributed by atoms with Crippen LogP contribution < -0.4 is 15.2 Å². The summed E-state index contributed by atoms with van der Waals surface area (Å²) >= 11 is -4.74. The Morgan fingerprint density at radius 3 is 0.934 bits per heavy atom. The minimum atomic E-state index is -4.74. The standard InChI is InChI=1S/2C28H42O2.Al/c2*1-17(2)11-19-13-20(12-18(3)4)25(29)22(14-19)23-15-21(27(5,6)7)16-24(26(23)30)28(8,9)10;/h2*13-18,29-30H,11-12H2,1-10H3;/q;;+3/p-4. The molecule has 2 aliphatic rings. The van der Waals surface area contributed by atoms with E-state index in [9.17, 15) is 0 Å². The van der Waals surface area contributed by atoms with Gasteiger partial charge in [0.2, 0.25) is 0 Å². The van der Waals surface area contributed by atoms with E-state index in [1.165, 1.54) is 33.4 Å². The largest absolute Gasteiger partial charge is 1.21 e. The number of hydrogen-bond acceptors (Lipinski definition) is 4. The molecule has 2 aliphatic heterocycles. The summed E-state index contributed by atoms with van der Waals surface area (Å²) in [5.74, 6) is 5.10. The molecule has 1 spiro atoms. The van der Waals surface area contributed by atoms with Crippen LogP contribution in [-0.2, 0) is 47.3 Å². The summed E-state index contributed by atoms with van der Waals surface area (Å²) in [7, 11) is 0. The number of hydrogen-bond donors (Lipinski definition) is 0. The van der Waals surface area contributed by atoms with E-state index in [1.54, 1.807) is 0 Å².